The van der Waals surface area contributed by atoms with E-state index in [-0.39, 0.29) is 5.82 Å². The molecule has 1 heterocycles. The van der Waals surface area contributed by atoms with Crippen LogP contribution in [0.3, 0.4) is 0 Å². The molecule has 17 heavy (non-hydrogen) atoms. The molecule has 2 aromatic rings. The third kappa shape index (κ3) is 2.53. The lowest BCUT2D eigenvalue weighted by molar-refractivity contribution is 0.572. The third-order valence-corrected chi connectivity index (χ3v) is 2.83. The van der Waals surface area contributed by atoms with Crippen molar-refractivity contribution in [2.45, 2.75) is 13.5 Å². The number of nitrogens with zero attached hydrogens (tertiary/aromatic N) is 2. The highest BCUT2D eigenvalue weighted by Crippen LogP contribution is 2.22. The first-order chi connectivity index (χ1) is 8.22. The van der Waals surface area contributed by atoms with Crippen molar-refractivity contribution in [3.8, 4) is 11.1 Å². The van der Waals surface area contributed by atoms with Crippen molar-refractivity contribution in [2.24, 2.45) is 0 Å². The first kappa shape index (κ1) is 11.8. The van der Waals surface area contributed by atoms with E-state index in [0.29, 0.717) is 0 Å². The number of hydrogen-bond donors (Lipinski definition) is 1. The van der Waals surface area contributed by atoms with Crippen LogP contribution in [0.5, 0.6) is 0 Å². The van der Waals surface area contributed by atoms with E-state index in [0.717, 1.165) is 29.9 Å². The fourth-order valence-electron chi connectivity index (χ4n) is 1.80. The minimum Gasteiger partial charge on any atom is -0.318 e. The monoisotopic (exact) mass is 233 g/mol. The third-order valence-electron chi connectivity index (χ3n) is 2.83. The fraction of sp³-hybridized carbons (Fsp3) is 0.308. The van der Waals surface area contributed by atoms with Crippen LogP contribution >= 0.6 is 0 Å². The van der Waals surface area contributed by atoms with Crippen LogP contribution in [-0.4, -0.2) is 23.4 Å². The molecule has 0 aliphatic carbocycles. The molecule has 1 aromatic heterocycles. The summed E-state index contributed by atoms with van der Waals surface area (Å²) in [4.78, 5) is 0. The highest BCUT2D eigenvalue weighted by molar-refractivity contribution is 5.64. The van der Waals surface area contributed by atoms with Crippen LogP contribution in [0, 0.1) is 12.7 Å². The van der Waals surface area contributed by atoms with E-state index in [2.05, 4.69) is 10.4 Å². The average Bonchev–Trinajstić information content (AvgIpc) is 2.69. The maximum Gasteiger partial charge on any atom is 0.123 e. The fourth-order valence-corrected chi connectivity index (χ4v) is 1.80. The number of nitrogens with one attached hydrogen (secondary N) is 1. The predicted molar refractivity (Wildman–Crippen MR) is 66.3 cm³/mol. The lowest BCUT2D eigenvalue weighted by Crippen LogP contribution is -2.16. The molecule has 0 aliphatic heterocycles. The van der Waals surface area contributed by atoms with Gasteiger partial charge in [0.2, 0.25) is 0 Å². The summed E-state index contributed by atoms with van der Waals surface area (Å²) < 4.78 is 14.8. The Bertz CT molecular complexity index is 488. The Morgan fingerprint density at radius 1 is 1.29 bits per heavy atom. The molecule has 0 saturated heterocycles. The Morgan fingerprint density at radius 2 is 2.00 bits per heavy atom. The molecule has 0 atom stereocenters. The molecule has 2 rings (SSSR count). The largest absolute Gasteiger partial charge is 0.318 e. The number of likely N-dealkylation sites (N-methyl/N-ethyl adjacent to an activating group) is 1. The second kappa shape index (κ2) is 5.10. The van der Waals surface area contributed by atoms with Gasteiger partial charge in [0.15, 0.2) is 0 Å². The van der Waals surface area contributed by atoms with E-state index in [1.54, 1.807) is 12.1 Å². The first-order valence-corrected chi connectivity index (χ1v) is 5.65. The zero-order chi connectivity index (χ0) is 12.3. The molecule has 0 spiro atoms. The topological polar surface area (TPSA) is 29.9 Å². The number of hydrogen-bond acceptors (Lipinski definition) is 2. The number of benzene rings is 1. The molecular formula is C13H16FN3. The standard InChI is InChI=1S/C13H16FN3/c1-10-13(9-16-17(10)8-7-15-2)11-3-5-12(14)6-4-11/h3-6,9,15H,7-8H2,1-2H3. The number of halogens is 1. The van der Waals surface area contributed by atoms with Crippen molar-refractivity contribution in [1.29, 1.82) is 0 Å². The SMILES string of the molecule is CNCCn1ncc(-c2ccc(F)cc2)c1C. The lowest BCUT2D eigenvalue weighted by Gasteiger charge is -2.05. The minimum absolute atomic E-state index is 0.214. The maximum absolute atomic E-state index is 12.8. The van der Waals surface area contributed by atoms with E-state index in [1.165, 1.54) is 12.1 Å². The molecule has 0 aliphatic rings. The molecule has 4 heteroatoms. The Kier molecular flexibility index (Phi) is 3.54. The van der Waals surface area contributed by atoms with Gasteiger partial charge in [0.05, 0.1) is 12.7 Å². The molecular weight excluding hydrogens is 217 g/mol. The summed E-state index contributed by atoms with van der Waals surface area (Å²) in [6.45, 7) is 3.75. The molecule has 0 bridgehead atoms. The van der Waals surface area contributed by atoms with E-state index >= 15 is 0 Å². The van der Waals surface area contributed by atoms with E-state index < -0.39 is 0 Å². The molecule has 0 unspecified atom stereocenters. The summed E-state index contributed by atoms with van der Waals surface area (Å²) in [5.74, 6) is -0.214. The quantitative estimate of drug-likeness (QED) is 0.877. The molecule has 0 amide bonds. The van der Waals surface area contributed by atoms with Gasteiger partial charge in [-0.3, -0.25) is 4.68 Å². The molecule has 90 valence electrons. The molecule has 1 aromatic carbocycles. The van der Waals surface area contributed by atoms with E-state index in [1.807, 2.05) is 24.9 Å². The minimum atomic E-state index is -0.214. The normalized spacial score (nSPS) is 10.8. The van der Waals surface area contributed by atoms with Gasteiger partial charge in [-0.15, -0.1) is 0 Å². The van der Waals surface area contributed by atoms with Crippen molar-refractivity contribution < 1.29 is 4.39 Å². The Balaban J connectivity index is 2.27. The Hall–Kier alpha value is -1.68. The van der Waals surface area contributed by atoms with Gasteiger partial charge in [-0.25, -0.2) is 4.39 Å². The number of aromatic nitrogens is 2. The molecule has 0 radical (unpaired) electrons. The first-order valence-electron chi connectivity index (χ1n) is 5.65. The van der Waals surface area contributed by atoms with Crippen molar-refractivity contribution in [1.82, 2.24) is 15.1 Å². The van der Waals surface area contributed by atoms with Crippen molar-refractivity contribution in [3.05, 3.63) is 42.0 Å². The zero-order valence-electron chi connectivity index (χ0n) is 10.1. The van der Waals surface area contributed by atoms with Gasteiger partial charge in [-0.1, -0.05) is 12.1 Å². The molecule has 3 nitrogen and oxygen atoms in total. The molecule has 0 fully saturated rings. The van der Waals surface area contributed by atoms with Crippen molar-refractivity contribution >= 4 is 0 Å². The Labute approximate surface area is 100 Å². The second-order valence-electron chi connectivity index (χ2n) is 3.98. The van der Waals surface area contributed by atoms with Gasteiger partial charge >= 0.3 is 0 Å². The Morgan fingerprint density at radius 3 is 2.65 bits per heavy atom. The highest BCUT2D eigenvalue weighted by atomic mass is 19.1. The number of rotatable bonds is 4. The van der Waals surface area contributed by atoms with Crippen LogP contribution in [0.1, 0.15) is 5.69 Å². The lowest BCUT2D eigenvalue weighted by atomic mass is 10.1. The van der Waals surface area contributed by atoms with Crippen molar-refractivity contribution in [2.75, 3.05) is 13.6 Å². The van der Waals surface area contributed by atoms with Crippen LogP contribution in [0.4, 0.5) is 4.39 Å². The summed E-state index contributed by atoms with van der Waals surface area (Å²) in [7, 11) is 1.92. The van der Waals surface area contributed by atoms with E-state index in [4.69, 9.17) is 0 Å². The van der Waals surface area contributed by atoms with Gasteiger partial charge in [0.25, 0.3) is 0 Å². The van der Waals surface area contributed by atoms with Crippen LogP contribution in [0.25, 0.3) is 11.1 Å². The maximum atomic E-state index is 12.8. The van der Waals surface area contributed by atoms with Gasteiger partial charge in [-0.2, -0.15) is 5.10 Å². The van der Waals surface area contributed by atoms with Crippen LogP contribution in [0.15, 0.2) is 30.5 Å². The van der Waals surface area contributed by atoms with Crippen molar-refractivity contribution in [3.63, 3.8) is 0 Å². The summed E-state index contributed by atoms with van der Waals surface area (Å²) in [5, 5.41) is 7.42. The van der Waals surface area contributed by atoms with Crippen LogP contribution < -0.4 is 5.32 Å². The molecule has 1 N–H and O–H groups in total. The molecule has 0 saturated carbocycles. The predicted octanol–water partition coefficient (Wildman–Crippen LogP) is 2.22. The second-order valence-corrected chi connectivity index (χ2v) is 3.98. The summed E-state index contributed by atoms with van der Waals surface area (Å²) in [5.41, 5.74) is 3.16. The van der Waals surface area contributed by atoms with Gasteiger partial charge < -0.3 is 5.32 Å². The van der Waals surface area contributed by atoms with Gasteiger partial charge in [0.1, 0.15) is 5.82 Å². The van der Waals surface area contributed by atoms with Crippen LogP contribution in [0.2, 0.25) is 0 Å². The summed E-state index contributed by atoms with van der Waals surface area (Å²) >= 11 is 0. The van der Waals surface area contributed by atoms with E-state index in [9.17, 15) is 4.39 Å². The average molecular weight is 233 g/mol. The summed E-state index contributed by atoms with van der Waals surface area (Å²) in [6, 6.07) is 6.50. The van der Waals surface area contributed by atoms with Gasteiger partial charge in [-0.05, 0) is 31.7 Å². The highest BCUT2D eigenvalue weighted by Gasteiger charge is 2.07. The zero-order valence-corrected chi connectivity index (χ0v) is 10.1. The van der Waals surface area contributed by atoms with Crippen LogP contribution in [-0.2, 0) is 6.54 Å². The summed E-state index contributed by atoms with van der Waals surface area (Å²) in [6.07, 6.45) is 1.83. The smallest absolute Gasteiger partial charge is 0.123 e. The van der Waals surface area contributed by atoms with Gasteiger partial charge in [0, 0.05) is 17.8 Å².